The zero-order valence-corrected chi connectivity index (χ0v) is 19.0. The maximum atomic E-state index is 13.3. The smallest absolute Gasteiger partial charge is 0.256 e. The molecule has 1 aliphatic carbocycles. The molecule has 1 fully saturated rings. The van der Waals surface area contributed by atoms with Gasteiger partial charge in [0.1, 0.15) is 0 Å². The van der Waals surface area contributed by atoms with Gasteiger partial charge in [0.05, 0.1) is 12.6 Å². The van der Waals surface area contributed by atoms with Gasteiger partial charge in [-0.3, -0.25) is 9.48 Å². The molecule has 172 valence electrons. The van der Waals surface area contributed by atoms with Crippen LogP contribution in [-0.2, 0) is 6.54 Å². The molecule has 3 aromatic carbocycles. The van der Waals surface area contributed by atoms with Gasteiger partial charge < -0.3 is 5.32 Å². The van der Waals surface area contributed by atoms with Crippen molar-refractivity contribution in [3.8, 4) is 22.5 Å². The summed E-state index contributed by atoms with van der Waals surface area (Å²) in [6.45, 7) is 0.704. The Morgan fingerprint density at radius 1 is 0.943 bits per heavy atom. The monoisotopic (exact) mass is 461 g/mol. The Hall–Kier alpha value is -4.59. The van der Waals surface area contributed by atoms with Crippen molar-refractivity contribution in [3.63, 3.8) is 0 Å². The van der Waals surface area contributed by atoms with E-state index in [-0.39, 0.29) is 5.91 Å². The minimum absolute atomic E-state index is 0.167. The molecule has 1 aliphatic rings. The third-order valence-electron chi connectivity index (χ3n) is 6.10. The van der Waals surface area contributed by atoms with Crippen LogP contribution in [0.5, 0.6) is 0 Å². The Bertz CT molecular complexity index is 1470. The minimum atomic E-state index is -0.167. The number of tetrazole rings is 1. The Balaban J connectivity index is 1.23. The number of aromatic nitrogens is 6. The zero-order valence-electron chi connectivity index (χ0n) is 19.0. The highest BCUT2D eigenvalue weighted by Gasteiger charge is 2.28. The summed E-state index contributed by atoms with van der Waals surface area (Å²) in [4.78, 5) is 13.3. The van der Waals surface area contributed by atoms with Crippen LogP contribution in [0.15, 0.2) is 91.3 Å². The SMILES string of the molecule is O=C(Nc1cccc(-c2nnnn2C2CC2)c1)c1ccccc1-c1ccc(Cn2cccn2)cc1. The molecule has 0 radical (unpaired) electrons. The highest BCUT2D eigenvalue weighted by atomic mass is 16.1. The predicted octanol–water partition coefficient (Wildman–Crippen LogP) is 4.84. The molecule has 0 atom stereocenters. The Morgan fingerprint density at radius 2 is 1.80 bits per heavy atom. The normalized spacial score (nSPS) is 13.0. The van der Waals surface area contributed by atoms with E-state index in [2.05, 4.69) is 38.1 Å². The number of hydrogen-bond donors (Lipinski definition) is 1. The van der Waals surface area contributed by atoms with Crippen molar-refractivity contribution in [2.24, 2.45) is 0 Å². The van der Waals surface area contributed by atoms with E-state index in [0.717, 1.165) is 40.9 Å². The fraction of sp³-hybridized carbons (Fsp3) is 0.148. The van der Waals surface area contributed by atoms with E-state index < -0.39 is 0 Å². The average molecular weight is 462 g/mol. The number of nitrogens with one attached hydrogen (secondary N) is 1. The molecule has 0 unspecified atom stereocenters. The van der Waals surface area contributed by atoms with E-state index in [1.165, 1.54) is 0 Å². The molecule has 2 aromatic heterocycles. The maximum Gasteiger partial charge on any atom is 0.256 e. The van der Waals surface area contributed by atoms with Gasteiger partial charge in [-0.25, -0.2) is 4.68 Å². The van der Waals surface area contributed by atoms with Gasteiger partial charge in [-0.2, -0.15) is 5.10 Å². The van der Waals surface area contributed by atoms with Crippen LogP contribution in [0.3, 0.4) is 0 Å². The van der Waals surface area contributed by atoms with Crippen molar-refractivity contribution >= 4 is 11.6 Å². The fourth-order valence-electron chi connectivity index (χ4n) is 4.19. The second kappa shape index (κ2) is 8.98. The fourth-order valence-corrected chi connectivity index (χ4v) is 4.19. The van der Waals surface area contributed by atoms with Gasteiger partial charge in [-0.1, -0.05) is 54.6 Å². The molecule has 0 saturated heterocycles. The molecule has 2 heterocycles. The van der Waals surface area contributed by atoms with Crippen LogP contribution >= 0.6 is 0 Å². The number of benzene rings is 3. The van der Waals surface area contributed by atoms with Gasteiger partial charge in [0.15, 0.2) is 5.82 Å². The Morgan fingerprint density at radius 3 is 2.60 bits per heavy atom. The second-order valence-corrected chi connectivity index (χ2v) is 8.66. The van der Waals surface area contributed by atoms with Crippen LogP contribution in [-0.4, -0.2) is 35.9 Å². The summed E-state index contributed by atoms with van der Waals surface area (Å²) >= 11 is 0. The van der Waals surface area contributed by atoms with E-state index in [0.29, 0.717) is 23.8 Å². The lowest BCUT2D eigenvalue weighted by Crippen LogP contribution is -2.13. The second-order valence-electron chi connectivity index (χ2n) is 8.66. The van der Waals surface area contributed by atoms with Crippen LogP contribution in [0.25, 0.3) is 22.5 Å². The molecule has 8 nitrogen and oxygen atoms in total. The van der Waals surface area contributed by atoms with Gasteiger partial charge in [-0.15, -0.1) is 5.10 Å². The van der Waals surface area contributed by atoms with E-state index in [4.69, 9.17) is 0 Å². The molecular formula is C27H23N7O. The predicted molar refractivity (Wildman–Crippen MR) is 133 cm³/mol. The van der Waals surface area contributed by atoms with Gasteiger partial charge in [0, 0.05) is 29.2 Å². The van der Waals surface area contributed by atoms with Gasteiger partial charge in [-0.05, 0) is 64.2 Å². The molecule has 0 aliphatic heterocycles. The number of carbonyl (C=O) groups excluding carboxylic acids is 1. The van der Waals surface area contributed by atoms with Gasteiger partial charge in [0.25, 0.3) is 5.91 Å². The summed E-state index contributed by atoms with van der Waals surface area (Å²) < 4.78 is 3.75. The van der Waals surface area contributed by atoms with Crippen molar-refractivity contribution in [1.82, 2.24) is 30.0 Å². The number of hydrogen-bond acceptors (Lipinski definition) is 5. The van der Waals surface area contributed by atoms with Crippen molar-refractivity contribution in [3.05, 3.63) is 102 Å². The quantitative estimate of drug-likeness (QED) is 0.375. The molecule has 1 N–H and O–H groups in total. The van der Waals surface area contributed by atoms with Crippen LogP contribution in [0.2, 0.25) is 0 Å². The van der Waals surface area contributed by atoms with Crippen LogP contribution in [0, 0.1) is 0 Å². The molecular weight excluding hydrogens is 438 g/mol. The van der Waals surface area contributed by atoms with Crippen LogP contribution in [0.4, 0.5) is 5.69 Å². The molecule has 6 rings (SSSR count). The first-order valence-corrected chi connectivity index (χ1v) is 11.6. The number of rotatable bonds is 7. The third-order valence-corrected chi connectivity index (χ3v) is 6.10. The summed E-state index contributed by atoms with van der Waals surface area (Å²) in [6, 6.07) is 25.8. The number of carbonyl (C=O) groups is 1. The topological polar surface area (TPSA) is 90.5 Å². The average Bonchev–Trinajstić information content (AvgIpc) is 3.38. The lowest BCUT2D eigenvalue weighted by Gasteiger charge is -2.12. The largest absolute Gasteiger partial charge is 0.322 e. The summed E-state index contributed by atoms with van der Waals surface area (Å²) in [6.07, 6.45) is 5.90. The third kappa shape index (κ3) is 4.46. The van der Waals surface area contributed by atoms with E-state index >= 15 is 0 Å². The first-order chi connectivity index (χ1) is 17.2. The van der Waals surface area contributed by atoms with Crippen LogP contribution < -0.4 is 5.32 Å². The van der Waals surface area contributed by atoms with Crippen molar-refractivity contribution < 1.29 is 4.79 Å². The summed E-state index contributed by atoms with van der Waals surface area (Å²) in [5, 5.41) is 19.5. The molecule has 35 heavy (non-hydrogen) atoms. The maximum absolute atomic E-state index is 13.3. The molecule has 0 spiro atoms. The van der Waals surface area contributed by atoms with Gasteiger partial charge >= 0.3 is 0 Å². The highest BCUT2D eigenvalue weighted by Crippen LogP contribution is 2.37. The van der Waals surface area contributed by atoms with E-state index in [9.17, 15) is 4.79 Å². The van der Waals surface area contributed by atoms with Crippen molar-refractivity contribution in [2.75, 3.05) is 5.32 Å². The molecule has 1 saturated carbocycles. The van der Waals surface area contributed by atoms with Gasteiger partial charge in [0.2, 0.25) is 0 Å². The molecule has 0 bridgehead atoms. The summed E-state index contributed by atoms with van der Waals surface area (Å²) in [5.74, 6) is 0.555. The molecule has 1 amide bonds. The lowest BCUT2D eigenvalue weighted by atomic mass is 9.98. The van der Waals surface area contributed by atoms with Crippen molar-refractivity contribution in [1.29, 1.82) is 0 Å². The number of nitrogens with zero attached hydrogens (tertiary/aromatic N) is 6. The lowest BCUT2D eigenvalue weighted by molar-refractivity contribution is 0.102. The summed E-state index contributed by atoms with van der Waals surface area (Å²) in [7, 11) is 0. The van der Waals surface area contributed by atoms with E-state index in [1.54, 1.807) is 6.20 Å². The van der Waals surface area contributed by atoms with E-state index in [1.807, 2.05) is 82.3 Å². The molecule has 8 heteroatoms. The Labute approximate surface area is 202 Å². The number of anilines is 1. The molecule has 5 aromatic rings. The number of amides is 1. The first kappa shape index (κ1) is 21.0. The zero-order chi connectivity index (χ0) is 23.6. The highest BCUT2D eigenvalue weighted by molar-refractivity contribution is 6.08. The first-order valence-electron chi connectivity index (χ1n) is 11.6. The minimum Gasteiger partial charge on any atom is -0.322 e. The van der Waals surface area contributed by atoms with Crippen LogP contribution in [0.1, 0.15) is 34.8 Å². The van der Waals surface area contributed by atoms with Crippen molar-refractivity contribution in [2.45, 2.75) is 25.4 Å². The standard InChI is InChI=1S/C27H23N7O/c35-27(29-22-6-3-5-21(17-22)26-30-31-32-34(26)23-13-14-23)25-8-2-1-7-24(25)20-11-9-19(10-12-20)18-33-16-4-15-28-33/h1-12,15-17,23H,13-14,18H2,(H,29,35). The Kier molecular flexibility index (Phi) is 5.38. The summed E-state index contributed by atoms with van der Waals surface area (Å²) in [5.41, 5.74) is 5.19.